The van der Waals surface area contributed by atoms with Crippen molar-refractivity contribution in [2.24, 2.45) is 17.6 Å². The second-order valence-electron chi connectivity index (χ2n) is 5.67. The Morgan fingerprint density at radius 3 is 2.56 bits per heavy atom. The standard InChI is InChI=1S/C13H23N3O2/c1-10-2-4-15(5-3-10)6-7-16-9-11(13(14)18)8-12(16)17/h10-11H,2-9H2,1H3,(H2,14,18). The molecule has 5 nitrogen and oxygen atoms in total. The van der Waals surface area contributed by atoms with E-state index in [1.54, 1.807) is 4.90 Å². The SMILES string of the molecule is CC1CCN(CCN2CC(C(N)=O)CC2=O)CC1. The summed E-state index contributed by atoms with van der Waals surface area (Å²) < 4.78 is 0. The number of hydrogen-bond acceptors (Lipinski definition) is 3. The van der Waals surface area contributed by atoms with Gasteiger partial charge in [0.25, 0.3) is 0 Å². The van der Waals surface area contributed by atoms with Gasteiger partial charge in [0.05, 0.1) is 5.92 Å². The van der Waals surface area contributed by atoms with Crippen LogP contribution >= 0.6 is 0 Å². The lowest BCUT2D eigenvalue weighted by Crippen LogP contribution is -2.40. The first-order chi connectivity index (χ1) is 8.56. The summed E-state index contributed by atoms with van der Waals surface area (Å²) in [5.74, 6) is 0.273. The molecule has 1 unspecified atom stereocenters. The molecule has 0 radical (unpaired) electrons. The van der Waals surface area contributed by atoms with Crippen molar-refractivity contribution in [2.45, 2.75) is 26.2 Å². The summed E-state index contributed by atoms with van der Waals surface area (Å²) in [5.41, 5.74) is 5.25. The van der Waals surface area contributed by atoms with Crippen LogP contribution in [-0.4, -0.2) is 54.3 Å². The third-order valence-electron chi connectivity index (χ3n) is 4.18. The Morgan fingerprint density at radius 1 is 1.33 bits per heavy atom. The molecular weight excluding hydrogens is 230 g/mol. The number of rotatable bonds is 4. The van der Waals surface area contributed by atoms with E-state index in [4.69, 9.17) is 5.73 Å². The molecule has 2 fully saturated rings. The van der Waals surface area contributed by atoms with Gasteiger partial charge in [-0.05, 0) is 31.8 Å². The molecule has 2 heterocycles. The molecule has 0 aliphatic carbocycles. The average Bonchev–Trinajstić information content (AvgIpc) is 2.70. The third-order valence-corrected chi connectivity index (χ3v) is 4.18. The molecule has 2 saturated heterocycles. The van der Waals surface area contributed by atoms with Crippen LogP contribution in [0.5, 0.6) is 0 Å². The zero-order valence-corrected chi connectivity index (χ0v) is 11.1. The van der Waals surface area contributed by atoms with E-state index in [-0.39, 0.29) is 17.7 Å². The minimum absolute atomic E-state index is 0.0733. The Labute approximate surface area is 108 Å². The van der Waals surface area contributed by atoms with Crippen molar-refractivity contribution in [3.63, 3.8) is 0 Å². The maximum atomic E-state index is 11.7. The lowest BCUT2D eigenvalue weighted by Gasteiger charge is -2.31. The van der Waals surface area contributed by atoms with Gasteiger partial charge in [-0.1, -0.05) is 6.92 Å². The molecule has 0 spiro atoms. The Bertz CT molecular complexity index is 324. The fourth-order valence-electron chi connectivity index (χ4n) is 2.73. The fourth-order valence-corrected chi connectivity index (χ4v) is 2.73. The van der Waals surface area contributed by atoms with Gasteiger partial charge in [-0.25, -0.2) is 0 Å². The van der Waals surface area contributed by atoms with Gasteiger partial charge in [0.15, 0.2) is 0 Å². The normalized spacial score (nSPS) is 26.8. The minimum Gasteiger partial charge on any atom is -0.369 e. The number of nitrogens with zero attached hydrogens (tertiary/aromatic N) is 2. The van der Waals surface area contributed by atoms with Crippen LogP contribution in [0.1, 0.15) is 26.2 Å². The topological polar surface area (TPSA) is 66.6 Å². The maximum Gasteiger partial charge on any atom is 0.223 e. The summed E-state index contributed by atoms with van der Waals surface area (Å²) in [4.78, 5) is 27.0. The van der Waals surface area contributed by atoms with Crippen LogP contribution in [0, 0.1) is 11.8 Å². The zero-order chi connectivity index (χ0) is 13.1. The van der Waals surface area contributed by atoms with Crippen LogP contribution in [0.4, 0.5) is 0 Å². The van der Waals surface area contributed by atoms with Crippen molar-refractivity contribution in [2.75, 3.05) is 32.7 Å². The van der Waals surface area contributed by atoms with E-state index < -0.39 is 0 Å². The van der Waals surface area contributed by atoms with Gasteiger partial charge in [-0.3, -0.25) is 9.59 Å². The first-order valence-corrected chi connectivity index (χ1v) is 6.85. The molecule has 2 amide bonds. The van der Waals surface area contributed by atoms with E-state index in [0.29, 0.717) is 13.0 Å². The summed E-state index contributed by atoms with van der Waals surface area (Å²) in [6.07, 6.45) is 2.79. The monoisotopic (exact) mass is 253 g/mol. The molecular formula is C13H23N3O2. The number of carbonyl (C=O) groups is 2. The largest absolute Gasteiger partial charge is 0.369 e. The number of amides is 2. The van der Waals surface area contributed by atoms with Crippen molar-refractivity contribution in [3.05, 3.63) is 0 Å². The Balaban J connectivity index is 1.74. The van der Waals surface area contributed by atoms with Crippen molar-refractivity contribution in [3.8, 4) is 0 Å². The predicted molar refractivity (Wildman–Crippen MR) is 68.7 cm³/mol. The van der Waals surface area contributed by atoms with Crippen LogP contribution in [0.2, 0.25) is 0 Å². The van der Waals surface area contributed by atoms with E-state index in [1.165, 1.54) is 12.8 Å². The van der Waals surface area contributed by atoms with Crippen LogP contribution < -0.4 is 5.73 Å². The van der Waals surface area contributed by atoms with Gasteiger partial charge in [-0.2, -0.15) is 0 Å². The van der Waals surface area contributed by atoms with E-state index >= 15 is 0 Å². The molecule has 2 aliphatic heterocycles. The lowest BCUT2D eigenvalue weighted by molar-refractivity contribution is -0.128. The van der Waals surface area contributed by atoms with Gasteiger partial charge < -0.3 is 15.5 Å². The molecule has 2 rings (SSSR count). The summed E-state index contributed by atoms with van der Waals surface area (Å²) in [7, 11) is 0. The number of likely N-dealkylation sites (tertiary alicyclic amines) is 2. The second kappa shape index (κ2) is 5.69. The van der Waals surface area contributed by atoms with Gasteiger partial charge in [0.1, 0.15) is 0 Å². The molecule has 2 aliphatic rings. The number of carbonyl (C=O) groups excluding carboxylic acids is 2. The molecule has 102 valence electrons. The van der Waals surface area contributed by atoms with Crippen LogP contribution in [0.15, 0.2) is 0 Å². The average molecular weight is 253 g/mol. The molecule has 0 aromatic carbocycles. The molecule has 2 N–H and O–H groups in total. The van der Waals surface area contributed by atoms with Crippen molar-refractivity contribution < 1.29 is 9.59 Å². The van der Waals surface area contributed by atoms with E-state index in [0.717, 1.165) is 32.1 Å². The van der Waals surface area contributed by atoms with Gasteiger partial charge in [0.2, 0.25) is 11.8 Å². The molecule has 1 atom stereocenters. The highest BCUT2D eigenvalue weighted by molar-refractivity contribution is 5.88. The molecule has 5 heteroatoms. The lowest BCUT2D eigenvalue weighted by atomic mass is 9.99. The molecule has 18 heavy (non-hydrogen) atoms. The highest BCUT2D eigenvalue weighted by atomic mass is 16.2. The summed E-state index contributed by atoms with van der Waals surface area (Å²) in [5, 5.41) is 0. The molecule has 0 aromatic rings. The third kappa shape index (κ3) is 3.22. The quantitative estimate of drug-likeness (QED) is 0.770. The van der Waals surface area contributed by atoms with Gasteiger partial charge in [-0.15, -0.1) is 0 Å². The highest BCUT2D eigenvalue weighted by Crippen LogP contribution is 2.19. The molecule has 0 bridgehead atoms. The zero-order valence-electron chi connectivity index (χ0n) is 11.1. The van der Waals surface area contributed by atoms with Gasteiger partial charge >= 0.3 is 0 Å². The Morgan fingerprint density at radius 2 is 2.00 bits per heavy atom. The maximum absolute atomic E-state index is 11.7. The van der Waals surface area contributed by atoms with E-state index in [2.05, 4.69) is 11.8 Å². The first kappa shape index (κ1) is 13.3. The number of piperidine rings is 1. The number of primary amides is 1. The van der Waals surface area contributed by atoms with Crippen molar-refractivity contribution >= 4 is 11.8 Å². The smallest absolute Gasteiger partial charge is 0.223 e. The second-order valence-corrected chi connectivity index (χ2v) is 5.67. The highest BCUT2D eigenvalue weighted by Gasteiger charge is 2.32. The number of hydrogen-bond donors (Lipinski definition) is 1. The van der Waals surface area contributed by atoms with Crippen LogP contribution in [-0.2, 0) is 9.59 Å². The Kier molecular flexibility index (Phi) is 4.22. The summed E-state index contributed by atoms with van der Waals surface area (Å²) in [6.45, 7) is 6.71. The minimum atomic E-state index is -0.349. The molecule has 0 saturated carbocycles. The van der Waals surface area contributed by atoms with Crippen molar-refractivity contribution in [1.82, 2.24) is 9.80 Å². The summed E-state index contributed by atoms with van der Waals surface area (Å²) in [6, 6.07) is 0. The van der Waals surface area contributed by atoms with Crippen molar-refractivity contribution in [1.29, 1.82) is 0 Å². The Hall–Kier alpha value is -1.10. The molecule has 0 aromatic heterocycles. The van der Waals surface area contributed by atoms with E-state index in [9.17, 15) is 9.59 Å². The van der Waals surface area contributed by atoms with E-state index in [1.807, 2.05) is 0 Å². The first-order valence-electron chi connectivity index (χ1n) is 6.85. The van der Waals surface area contributed by atoms with Crippen LogP contribution in [0.25, 0.3) is 0 Å². The van der Waals surface area contributed by atoms with Gasteiger partial charge in [0, 0.05) is 26.1 Å². The van der Waals surface area contributed by atoms with Crippen LogP contribution in [0.3, 0.4) is 0 Å². The predicted octanol–water partition coefficient (Wildman–Crippen LogP) is 0.0521. The number of nitrogens with two attached hydrogens (primary N) is 1. The fraction of sp³-hybridized carbons (Fsp3) is 0.846. The summed E-state index contributed by atoms with van der Waals surface area (Å²) >= 11 is 0.